The molecule has 0 atom stereocenters. The van der Waals surface area contributed by atoms with E-state index in [0.29, 0.717) is 24.5 Å². The Hall–Kier alpha value is -2.31. The number of aryl methyl sites for hydroxylation is 1. The molecule has 0 bridgehead atoms. The van der Waals surface area contributed by atoms with Crippen LogP contribution in [0.5, 0.6) is 5.75 Å². The fourth-order valence-electron chi connectivity index (χ4n) is 1.77. The lowest BCUT2D eigenvalue weighted by molar-refractivity contribution is 0.305. The van der Waals surface area contributed by atoms with Crippen molar-refractivity contribution in [2.75, 3.05) is 6.54 Å². The summed E-state index contributed by atoms with van der Waals surface area (Å²) >= 11 is 0. The molecular formula is C17H16FNO. The SMILES string of the molecule is Cc1cc(OCc2cccc(C#CCN)c2)ccc1F. The number of hydrogen-bond donors (Lipinski definition) is 1. The highest BCUT2D eigenvalue weighted by molar-refractivity contribution is 5.37. The second-order valence-corrected chi connectivity index (χ2v) is 4.41. The first kappa shape index (κ1) is 14.1. The van der Waals surface area contributed by atoms with Crippen LogP contribution in [0.1, 0.15) is 16.7 Å². The van der Waals surface area contributed by atoms with Gasteiger partial charge in [0, 0.05) is 5.56 Å². The number of hydrogen-bond acceptors (Lipinski definition) is 2. The number of ether oxygens (including phenoxy) is 1. The number of rotatable bonds is 3. The molecule has 0 radical (unpaired) electrons. The molecule has 0 fully saturated rings. The van der Waals surface area contributed by atoms with Crippen LogP contribution < -0.4 is 10.5 Å². The first-order chi connectivity index (χ1) is 9.69. The predicted molar refractivity (Wildman–Crippen MR) is 77.8 cm³/mol. The van der Waals surface area contributed by atoms with Gasteiger partial charge in [0.2, 0.25) is 0 Å². The number of nitrogens with two attached hydrogens (primary N) is 1. The molecule has 20 heavy (non-hydrogen) atoms. The van der Waals surface area contributed by atoms with Gasteiger partial charge in [-0.15, -0.1) is 0 Å². The Morgan fingerprint density at radius 1 is 1.20 bits per heavy atom. The van der Waals surface area contributed by atoms with E-state index < -0.39 is 0 Å². The Morgan fingerprint density at radius 3 is 2.80 bits per heavy atom. The van der Waals surface area contributed by atoms with Crippen LogP contribution in [0.15, 0.2) is 42.5 Å². The first-order valence-electron chi connectivity index (χ1n) is 6.36. The van der Waals surface area contributed by atoms with Crippen molar-refractivity contribution in [3.8, 4) is 17.6 Å². The van der Waals surface area contributed by atoms with Gasteiger partial charge in [-0.2, -0.15) is 0 Å². The fraction of sp³-hybridized carbons (Fsp3) is 0.176. The Bertz CT molecular complexity index is 656. The maximum absolute atomic E-state index is 13.2. The van der Waals surface area contributed by atoms with Crippen LogP contribution >= 0.6 is 0 Å². The monoisotopic (exact) mass is 269 g/mol. The minimum atomic E-state index is -0.226. The second-order valence-electron chi connectivity index (χ2n) is 4.41. The Labute approximate surface area is 118 Å². The summed E-state index contributed by atoms with van der Waals surface area (Å²) in [4.78, 5) is 0. The first-order valence-corrected chi connectivity index (χ1v) is 6.36. The summed E-state index contributed by atoms with van der Waals surface area (Å²) in [6, 6.07) is 12.5. The highest BCUT2D eigenvalue weighted by Crippen LogP contribution is 2.17. The van der Waals surface area contributed by atoms with Gasteiger partial charge >= 0.3 is 0 Å². The van der Waals surface area contributed by atoms with Gasteiger partial charge in [-0.3, -0.25) is 0 Å². The molecule has 2 N–H and O–H groups in total. The van der Waals surface area contributed by atoms with E-state index in [9.17, 15) is 4.39 Å². The van der Waals surface area contributed by atoms with Gasteiger partial charge in [0.25, 0.3) is 0 Å². The van der Waals surface area contributed by atoms with Crippen LogP contribution in [0.4, 0.5) is 4.39 Å². The second kappa shape index (κ2) is 6.74. The molecule has 0 unspecified atom stereocenters. The zero-order valence-corrected chi connectivity index (χ0v) is 11.3. The van der Waals surface area contributed by atoms with E-state index in [1.807, 2.05) is 24.3 Å². The fourth-order valence-corrected chi connectivity index (χ4v) is 1.77. The van der Waals surface area contributed by atoms with Crippen LogP contribution in [0.2, 0.25) is 0 Å². The van der Waals surface area contributed by atoms with E-state index >= 15 is 0 Å². The van der Waals surface area contributed by atoms with E-state index in [2.05, 4.69) is 11.8 Å². The van der Waals surface area contributed by atoms with Gasteiger partial charge in [-0.1, -0.05) is 24.0 Å². The molecule has 3 heteroatoms. The molecule has 2 aromatic carbocycles. The normalized spacial score (nSPS) is 9.75. The minimum absolute atomic E-state index is 0.226. The molecule has 0 spiro atoms. The Balaban J connectivity index is 2.05. The molecule has 0 heterocycles. The molecule has 0 saturated heterocycles. The number of benzene rings is 2. The van der Waals surface area contributed by atoms with Crippen LogP contribution in [0, 0.1) is 24.6 Å². The van der Waals surface area contributed by atoms with Crippen molar-refractivity contribution < 1.29 is 9.13 Å². The summed E-state index contributed by atoms with van der Waals surface area (Å²) in [7, 11) is 0. The molecule has 0 aliphatic carbocycles. The molecule has 2 aromatic rings. The lowest BCUT2D eigenvalue weighted by Gasteiger charge is -2.07. The summed E-state index contributed by atoms with van der Waals surface area (Å²) in [6.45, 7) is 2.48. The van der Waals surface area contributed by atoms with Gasteiger partial charge < -0.3 is 10.5 Å². The van der Waals surface area contributed by atoms with Crippen molar-refractivity contribution in [2.45, 2.75) is 13.5 Å². The quantitative estimate of drug-likeness (QED) is 0.869. The van der Waals surface area contributed by atoms with Crippen LogP contribution in [0.25, 0.3) is 0 Å². The third-order valence-electron chi connectivity index (χ3n) is 2.80. The Morgan fingerprint density at radius 2 is 2.05 bits per heavy atom. The van der Waals surface area contributed by atoms with Crippen LogP contribution in [0.3, 0.4) is 0 Å². The molecular weight excluding hydrogens is 253 g/mol. The highest BCUT2D eigenvalue weighted by Gasteiger charge is 2.01. The zero-order valence-electron chi connectivity index (χ0n) is 11.3. The summed E-state index contributed by atoms with van der Waals surface area (Å²) in [5.74, 6) is 6.22. The third-order valence-corrected chi connectivity index (χ3v) is 2.80. The van der Waals surface area contributed by atoms with E-state index in [-0.39, 0.29) is 5.82 Å². The van der Waals surface area contributed by atoms with Crippen molar-refractivity contribution in [3.63, 3.8) is 0 Å². The van der Waals surface area contributed by atoms with Gasteiger partial charge in [0.05, 0.1) is 6.54 Å². The zero-order chi connectivity index (χ0) is 14.4. The van der Waals surface area contributed by atoms with Gasteiger partial charge in [0.15, 0.2) is 0 Å². The molecule has 0 saturated carbocycles. The molecule has 2 nitrogen and oxygen atoms in total. The summed E-state index contributed by atoms with van der Waals surface area (Å²) in [5.41, 5.74) is 7.84. The maximum Gasteiger partial charge on any atom is 0.126 e. The minimum Gasteiger partial charge on any atom is -0.489 e. The maximum atomic E-state index is 13.2. The molecule has 2 rings (SSSR count). The molecule has 102 valence electrons. The van der Waals surface area contributed by atoms with E-state index in [4.69, 9.17) is 10.5 Å². The standard InChI is InChI=1S/C17H16FNO/c1-13-10-16(7-8-17(13)18)20-12-15-5-2-4-14(11-15)6-3-9-19/h2,4-5,7-8,10-11H,9,12,19H2,1H3. The van der Waals surface area contributed by atoms with Crippen LogP contribution in [-0.2, 0) is 6.61 Å². The summed E-state index contributed by atoms with van der Waals surface area (Å²) in [6.07, 6.45) is 0. The molecule has 0 amide bonds. The molecule has 0 aliphatic heterocycles. The highest BCUT2D eigenvalue weighted by atomic mass is 19.1. The summed E-state index contributed by atoms with van der Waals surface area (Å²) < 4.78 is 18.8. The average Bonchev–Trinajstić information content (AvgIpc) is 2.47. The van der Waals surface area contributed by atoms with Gasteiger partial charge in [-0.05, 0) is 48.4 Å². The van der Waals surface area contributed by atoms with Crippen molar-refractivity contribution in [1.82, 2.24) is 0 Å². The van der Waals surface area contributed by atoms with Crippen molar-refractivity contribution in [3.05, 3.63) is 65.0 Å². The van der Waals surface area contributed by atoms with Crippen molar-refractivity contribution in [2.24, 2.45) is 5.73 Å². The van der Waals surface area contributed by atoms with Crippen LogP contribution in [-0.4, -0.2) is 6.54 Å². The van der Waals surface area contributed by atoms with E-state index in [0.717, 1.165) is 11.1 Å². The molecule has 0 aromatic heterocycles. The predicted octanol–water partition coefficient (Wildman–Crippen LogP) is 3.02. The topological polar surface area (TPSA) is 35.2 Å². The van der Waals surface area contributed by atoms with Gasteiger partial charge in [-0.25, -0.2) is 4.39 Å². The van der Waals surface area contributed by atoms with E-state index in [1.54, 1.807) is 19.1 Å². The average molecular weight is 269 g/mol. The van der Waals surface area contributed by atoms with Gasteiger partial charge in [0.1, 0.15) is 18.2 Å². The lowest BCUT2D eigenvalue weighted by atomic mass is 10.1. The van der Waals surface area contributed by atoms with Crippen molar-refractivity contribution >= 4 is 0 Å². The van der Waals surface area contributed by atoms with Crippen molar-refractivity contribution in [1.29, 1.82) is 0 Å². The van der Waals surface area contributed by atoms with E-state index in [1.165, 1.54) is 6.07 Å². The number of halogens is 1. The smallest absolute Gasteiger partial charge is 0.126 e. The molecule has 0 aliphatic rings. The summed E-state index contributed by atoms with van der Waals surface area (Å²) in [5, 5.41) is 0. The Kier molecular flexibility index (Phi) is 4.75. The lowest BCUT2D eigenvalue weighted by Crippen LogP contribution is -1.97. The third kappa shape index (κ3) is 3.84. The largest absolute Gasteiger partial charge is 0.489 e.